The van der Waals surface area contributed by atoms with Crippen molar-refractivity contribution in [2.75, 3.05) is 0 Å². The largest absolute Gasteiger partial charge is 0.328 e. The molecule has 0 aliphatic heterocycles. The van der Waals surface area contributed by atoms with Gasteiger partial charge in [-0.15, -0.1) is 0 Å². The Morgan fingerprint density at radius 3 is 2.67 bits per heavy atom. The zero-order chi connectivity index (χ0) is 11.4. The van der Waals surface area contributed by atoms with E-state index in [1.165, 1.54) is 0 Å². The van der Waals surface area contributed by atoms with Crippen molar-refractivity contribution < 1.29 is 4.79 Å². The minimum atomic E-state index is 0.00830. The molecule has 0 saturated carbocycles. The van der Waals surface area contributed by atoms with Gasteiger partial charge in [0.1, 0.15) is 0 Å². The van der Waals surface area contributed by atoms with Gasteiger partial charge in [-0.2, -0.15) is 0 Å². The van der Waals surface area contributed by atoms with E-state index < -0.39 is 0 Å². The summed E-state index contributed by atoms with van der Waals surface area (Å²) in [6.07, 6.45) is 1.08. The molecule has 0 spiro atoms. The lowest BCUT2D eigenvalue weighted by atomic mass is 10.0. The first-order valence-electron chi connectivity index (χ1n) is 4.74. The van der Waals surface area contributed by atoms with Crippen LogP contribution in [0.15, 0.2) is 18.2 Å². The maximum Gasteiger partial charge on any atom is 0.164 e. The van der Waals surface area contributed by atoms with Crippen LogP contribution in [0.5, 0.6) is 0 Å². The number of rotatable bonds is 4. The maximum atomic E-state index is 11.7. The molecule has 2 N–H and O–H groups in total. The molecule has 1 atom stereocenters. The van der Waals surface area contributed by atoms with E-state index in [-0.39, 0.29) is 11.8 Å². The molecule has 0 fully saturated rings. The van der Waals surface area contributed by atoms with E-state index in [4.69, 9.17) is 28.9 Å². The van der Waals surface area contributed by atoms with Crippen LogP contribution in [-0.4, -0.2) is 11.8 Å². The molecule has 1 unspecified atom stereocenters. The highest BCUT2D eigenvalue weighted by molar-refractivity contribution is 6.36. The minimum Gasteiger partial charge on any atom is -0.328 e. The van der Waals surface area contributed by atoms with Crippen LogP contribution in [0.2, 0.25) is 10.0 Å². The lowest BCUT2D eigenvalue weighted by Gasteiger charge is -2.05. The van der Waals surface area contributed by atoms with Crippen molar-refractivity contribution in [3.63, 3.8) is 0 Å². The van der Waals surface area contributed by atoms with Crippen LogP contribution < -0.4 is 5.73 Å². The number of hydrogen-bond donors (Lipinski definition) is 1. The van der Waals surface area contributed by atoms with Crippen molar-refractivity contribution in [3.05, 3.63) is 33.8 Å². The number of carbonyl (C=O) groups is 1. The van der Waals surface area contributed by atoms with Gasteiger partial charge in [0.2, 0.25) is 0 Å². The van der Waals surface area contributed by atoms with Crippen molar-refractivity contribution in [2.45, 2.75) is 25.8 Å². The van der Waals surface area contributed by atoms with E-state index in [1.807, 2.05) is 6.92 Å². The summed E-state index contributed by atoms with van der Waals surface area (Å²) in [4.78, 5) is 11.7. The molecule has 1 aromatic carbocycles. The second kappa shape index (κ2) is 5.50. The first-order valence-corrected chi connectivity index (χ1v) is 5.50. The molecule has 0 heterocycles. The SMILES string of the molecule is CC(N)CCC(=O)c1ccc(Cl)cc1Cl. The number of Topliss-reactive ketones (excluding diaryl/α,β-unsaturated/α-hetero) is 1. The third-order valence-corrected chi connectivity index (χ3v) is 2.61. The Morgan fingerprint density at radius 2 is 2.13 bits per heavy atom. The molecule has 0 radical (unpaired) electrons. The molecular formula is C11H13Cl2NO. The predicted octanol–water partition coefficient (Wildman–Crippen LogP) is 3.30. The maximum absolute atomic E-state index is 11.7. The van der Waals surface area contributed by atoms with E-state index in [9.17, 15) is 4.79 Å². The number of halogens is 2. The lowest BCUT2D eigenvalue weighted by Crippen LogP contribution is -2.16. The zero-order valence-electron chi connectivity index (χ0n) is 8.47. The van der Waals surface area contributed by atoms with E-state index in [0.717, 1.165) is 0 Å². The van der Waals surface area contributed by atoms with E-state index in [2.05, 4.69) is 0 Å². The summed E-state index contributed by atoms with van der Waals surface area (Å²) in [5.74, 6) is 0.00830. The standard InChI is InChI=1S/C11H13Cl2NO/c1-7(14)2-5-11(15)9-4-3-8(12)6-10(9)13/h3-4,6-7H,2,5,14H2,1H3. The van der Waals surface area contributed by atoms with Crippen molar-refractivity contribution in [1.82, 2.24) is 0 Å². The van der Waals surface area contributed by atoms with E-state index >= 15 is 0 Å². The average molecular weight is 246 g/mol. The fourth-order valence-electron chi connectivity index (χ4n) is 1.21. The molecule has 0 bridgehead atoms. The highest BCUT2D eigenvalue weighted by atomic mass is 35.5. The Morgan fingerprint density at radius 1 is 1.47 bits per heavy atom. The van der Waals surface area contributed by atoms with E-state index in [1.54, 1.807) is 18.2 Å². The summed E-state index contributed by atoms with van der Waals surface area (Å²) in [7, 11) is 0. The van der Waals surface area contributed by atoms with Gasteiger partial charge in [-0.05, 0) is 31.5 Å². The Hall–Kier alpha value is -0.570. The Labute approximate surface area is 99.4 Å². The topological polar surface area (TPSA) is 43.1 Å². The molecule has 1 rings (SSSR count). The normalized spacial score (nSPS) is 12.5. The number of carbonyl (C=O) groups excluding carboxylic acids is 1. The molecular weight excluding hydrogens is 233 g/mol. The van der Waals surface area contributed by atoms with Gasteiger partial charge < -0.3 is 5.73 Å². The van der Waals surface area contributed by atoms with Gasteiger partial charge in [0.25, 0.3) is 0 Å². The molecule has 15 heavy (non-hydrogen) atoms. The van der Waals surface area contributed by atoms with Crippen molar-refractivity contribution in [3.8, 4) is 0 Å². The summed E-state index contributed by atoms with van der Waals surface area (Å²) in [6, 6.07) is 4.91. The fourth-order valence-corrected chi connectivity index (χ4v) is 1.72. The summed E-state index contributed by atoms with van der Waals surface area (Å²) < 4.78 is 0. The summed E-state index contributed by atoms with van der Waals surface area (Å²) in [5.41, 5.74) is 6.09. The van der Waals surface area contributed by atoms with Gasteiger partial charge in [-0.25, -0.2) is 0 Å². The fraction of sp³-hybridized carbons (Fsp3) is 0.364. The number of hydrogen-bond acceptors (Lipinski definition) is 2. The van der Waals surface area contributed by atoms with Gasteiger partial charge in [0, 0.05) is 23.0 Å². The second-order valence-electron chi connectivity index (χ2n) is 3.56. The van der Waals surface area contributed by atoms with Gasteiger partial charge >= 0.3 is 0 Å². The van der Waals surface area contributed by atoms with Crippen molar-refractivity contribution >= 4 is 29.0 Å². The lowest BCUT2D eigenvalue weighted by molar-refractivity contribution is 0.0978. The van der Waals surface area contributed by atoms with Crippen LogP contribution in [0.4, 0.5) is 0 Å². The van der Waals surface area contributed by atoms with Crippen LogP contribution in [0.3, 0.4) is 0 Å². The Bertz CT molecular complexity index is 364. The molecule has 1 aromatic rings. The molecule has 0 aliphatic carbocycles. The molecule has 0 aliphatic rings. The molecule has 0 aromatic heterocycles. The number of nitrogens with two attached hydrogens (primary N) is 1. The van der Waals surface area contributed by atoms with Gasteiger partial charge in [0.15, 0.2) is 5.78 Å². The highest BCUT2D eigenvalue weighted by Crippen LogP contribution is 2.22. The van der Waals surface area contributed by atoms with Gasteiger partial charge in [0.05, 0.1) is 5.02 Å². The monoisotopic (exact) mass is 245 g/mol. The molecule has 2 nitrogen and oxygen atoms in total. The van der Waals surface area contributed by atoms with E-state index in [0.29, 0.717) is 28.5 Å². The molecule has 4 heteroatoms. The number of ketones is 1. The summed E-state index contributed by atoms with van der Waals surface area (Å²) in [5, 5.41) is 0.931. The molecule has 82 valence electrons. The van der Waals surface area contributed by atoms with Crippen LogP contribution >= 0.6 is 23.2 Å². The zero-order valence-corrected chi connectivity index (χ0v) is 9.98. The van der Waals surface area contributed by atoms with Gasteiger partial charge in [-0.1, -0.05) is 23.2 Å². The first-order chi connectivity index (χ1) is 7.00. The third-order valence-electron chi connectivity index (χ3n) is 2.06. The summed E-state index contributed by atoms with van der Waals surface area (Å²) in [6.45, 7) is 1.87. The molecule has 0 amide bonds. The first kappa shape index (κ1) is 12.5. The van der Waals surface area contributed by atoms with Crippen molar-refractivity contribution in [2.24, 2.45) is 5.73 Å². The third kappa shape index (κ3) is 3.82. The number of benzene rings is 1. The smallest absolute Gasteiger partial charge is 0.164 e. The Balaban J connectivity index is 2.74. The summed E-state index contributed by atoms with van der Waals surface area (Å²) >= 11 is 11.6. The average Bonchev–Trinajstić information content (AvgIpc) is 2.14. The van der Waals surface area contributed by atoms with Crippen LogP contribution in [0, 0.1) is 0 Å². The predicted molar refractivity (Wildman–Crippen MR) is 63.7 cm³/mol. The van der Waals surface area contributed by atoms with Crippen LogP contribution in [0.1, 0.15) is 30.1 Å². The minimum absolute atomic E-state index is 0.00830. The van der Waals surface area contributed by atoms with Gasteiger partial charge in [-0.3, -0.25) is 4.79 Å². The quantitative estimate of drug-likeness (QED) is 0.828. The highest BCUT2D eigenvalue weighted by Gasteiger charge is 2.11. The Kier molecular flexibility index (Phi) is 4.58. The van der Waals surface area contributed by atoms with Crippen LogP contribution in [0.25, 0.3) is 0 Å². The molecule has 0 saturated heterocycles. The van der Waals surface area contributed by atoms with Crippen LogP contribution in [-0.2, 0) is 0 Å². The van der Waals surface area contributed by atoms with Crippen molar-refractivity contribution in [1.29, 1.82) is 0 Å². The second-order valence-corrected chi connectivity index (χ2v) is 4.41.